The molecule has 0 fully saturated rings. The smallest absolute Gasteiger partial charge is 0.255 e. The van der Waals surface area contributed by atoms with Crippen LogP contribution in [0.5, 0.6) is 0 Å². The number of carbonyl (C=O) groups is 1. The van der Waals surface area contributed by atoms with Gasteiger partial charge in [0.1, 0.15) is 0 Å². The summed E-state index contributed by atoms with van der Waals surface area (Å²) in [6, 6.07) is 11.2. The first-order valence-electron chi connectivity index (χ1n) is 7.02. The number of nitrogens with zero attached hydrogens (tertiary/aromatic N) is 2. The van der Waals surface area contributed by atoms with Crippen molar-refractivity contribution in [2.24, 2.45) is 0 Å². The normalized spacial score (nSPS) is 11.3. The zero-order chi connectivity index (χ0) is 16.2. The Morgan fingerprint density at radius 2 is 1.95 bits per heavy atom. The van der Waals surface area contributed by atoms with Gasteiger partial charge in [-0.1, -0.05) is 41.9 Å². The molecule has 0 atom stereocenters. The Morgan fingerprint density at radius 1 is 1.27 bits per heavy atom. The minimum absolute atomic E-state index is 0.208. The summed E-state index contributed by atoms with van der Waals surface area (Å²) in [7, 11) is 0. The van der Waals surface area contributed by atoms with Gasteiger partial charge in [0.2, 0.25) is 0 Å². The number of hydrogen-bond acceptors (Lipinski definition) is 3. The maximum atomic E-state index is 12.8. The van der Waals surface area contributed by atoms with Crippen molar-refractivity contribution in [2.45, 2.75) is 26.0 Å². The van der Waals surface area contributed by atoms with Crippen molar-refractivity contribution in [2.75, 3.05) is 6.54 Å². The molecular formula is C17H19ClN2O2. The van der Waals surface area contributed by atoms with Gasteiger partial charge in [0, 0.05) is 25.5 Å². The number of aliphatic hydroxyl groups is 1. The number of pyridine rings is 1. The zero-order valence-corrected chi connectivity index (χ0v) is 13.4. The number of aromatic nitrogens is 1. The van der Waals surface area contributed by atoms with Crippen LogP contribution < -0.4 is 0 Å². The van der Waals surface area contributed by atoms with Crippen LogP contribution in [0.1, 0.15) is 29.8 Å². The summed E-state index contributed by atoms with van der Waals surface area (Å²) in [5.41, 5.74) is 0.381. The SMILES string of the molecule is CC(C)(O)CN(Cc1ccccc1)C(=O)c1ccncc1Cl. The molecule has 116 valence electrons. The van der Waals surface area contributed by atoms with Gasteiger partial charge in [-0.2, -0.15) is 0 Å². The summed E-state index contributed by atoms with van der Waals surface area (Å²) in [4.78, 5) is 18.2. The third kappa shape index (κ3) is 4.55. The standard InChI is InChI=1S/C17H19ClN2O2/c1-17(2,22)12-20(11-13-6-4-3-5-7-13)16(21)14-8-9-19-10-15(14)18/h3-10,22H,11-12H2,1-2H3. The Bertz CT molecular complexity index is 639. The van der Waals surface area contributed by atoms with Crippen molar-refractivity contribution >= 4 is 17.5 Å². The molecule has 2 aromatic rings. The first-order valence-corrected chi connectivity index (χ1v) is 7.40. The van der Waals surface area contributed by atoms with E-state index in [9.17, 15) is 9.90 Å². The topological polar surface area (TPSA) is 53.4 Å². The molecule has 2 rings (SSSR count). The summed E-state index contributed by atoms with van der Waals surface area (Å²) in [5, 5.41) is 10.4. The van der Waals surface area contributed by atoms with Crippen molar-refractivity contribution in [1.29, 1.82) is 0 Å². The van der Waals surface area contributed by atoms with Gasteiger partial charge in [-0.15, -0.1) is 0 Å². The molecule has 0 spiro atoms. The van der Waals surface area contributed by atoms with Crippen LogP contribution in [0.4, 0.5) is 0 Å². The minimum atomic E-state index is -0.996. The Kier molecular flexibility index (Phi) is 5.16. The molecule has 0 aliphatic carbocycles. The van der Waals surface area contributed by atoms with E-state index in [1.54, 1.807) is 24.8 Å². The van der Waals surface area contributed by atoms with Gasteiger partial charge >= 0.3 is 0 Å². The molecule has 0 saturated carbocycles. The van der Waals surface area contributed by atoms with Crippen LogP contribution in [0.3, 0.4) is 0 Å². The second kappa shape index (κ2) is 6.90. The van der Waals surface area contributed by atoms with Crippen molar-refractivity contribution in [1.82, 2.24) is 9.88 Å². The summed E-state index contributed by atoms with van der Waals surface area (Å²) < 4.78 is 0. The molecule has 0 aliphatic rings. The summed E-state index contributed by atoms with van der Waals surface area (Å²) >= 11 is 6.06. The number of benzene rings is 1. The largest absolute Gasteiger partial charge is 0.389 e. The van der Waals surface area contributed by atoms with Gasteiger partial charge < -0.3 is 10.0 Å². The molecule has 0 aliphatic heterocycles. The number of rotatable bonds is 5. The van der Waals surface area contributed by atoms with Crippen molar-refractivity contribution in [3.05, 3.63) is 64.9 Å². The molecule has 1 amide bonds. The molecule has 0 bridgehead atoms. The van der Waals surface area contributed by atoms with E-state index < -0.39 is 5.60 Å². The Labute approximate surface area is 135 Å². The fourth-order valence-electron chi connectivity index (χ4n) is 2.19. The summed E-state index contributed by atoms with van der Waals surface area (Å²) in [6.45, 7) is 3.96. The minimum Gasteiger partial charge on any atom is -0.389 e. The van der Waals surface area contributed by atoms with E-state index in [0.717, 1.165) is 5.56 Å². The number of halogens is 1. The highest BCUT2D eigenvalue weighted by molar-refractivity contribution is 6.33. The predicted octanol–water partition coefficient (Wildman–Crippen LogP) is 3.15. The molecule has 0 saturated heterocycles. The highest BCUT2D eigenvalue weighted by Crippen LogP contribution is 2.19. The number of amides is 1. The van der Waals surface area contributed by atoms with E-state index in [1.165, 1.54) is 12.4 Å². The van der Waals surface area contributed by atoms with E-state index in [2.05, 4.69) is 4.98 Å². The lowest BCUT2D eigenvalue weighted by atomic mass is 10.1. The predicted molar refractivity (Wildman–Crippen MR) is 86.7 cm³/mol. The highest BCUT2D eigenvalue weighted by atomic mass is 35.5. The van der Waals surface area contributed by atoms with Crippen molar-refractivity contribution < 1.29 is 9.90 Å². The molecular weight excluding hydrogens is 300 g/mol. The molecule has 0 radical (unpaired) electrons. The molecule has 4 nitrogen and oxygen atoms in total. The lowest BCUT2D eigenvalue weighted by molar-refractivity contribution is 0.0280. The molecule has 22 heavy (non-hydrogen) atoms. The Hall–Kier alpha value is -1.91. The molecule has 0 unspecified atom stereocenters. The fourth-order valence-corrected chi connectivity index (χ4v) is 2.39. The van der Waals surface area contributed by atoms with Gasteiger partial charge in [-0.25, -0.2) is 0 Å². The van der Waals surface area contributed by atoms with Gasteiger partial charge in [-0.05, 0) is 25.5 Å². The number of carbonyl (C=O) groups excluding carboxylic acids is 1. The van der Waals surface area contributed by atoms with Crippen LogP contribution >= 0.6 is 11.6 Å². The Balaban J connectivity index is 2.28. The van der Waals surface area contributed by atoms with Crippen molar-refractivity contribution in [3.8, 4) is 0 Å². The van der Waals surface area contributed by atoms with Gasteiger partial charge in [0.15, 0.2) is 0 Å². The highest BCUT2D eigenvalue weighted by Gasteiger charge is 2.25. The van der Waals surface area contributed by atoms with Gasteiger partial charge in [-0.3, -0.25) is 9.78 Å². The monoisotopic (exact) mass is 318 g/mol. The summed E-state index contributed by atoms with van der Waals surface area (Å²) in [6.07, 6.45) is 2.98. The summed E-state index contributed by atoms with van der Waals surface area (Å²) in [5.74, 6) is -0.224. The Morgan fingerprint density at radius 3 is 2.55 bits per heavy atom. The third-order valence-corrected chi connectivity index (χ3v) is 3.39. The van der Waals surface area contributed by atoms with E-state index in [-0.39, 0.29) is 12.5 Å². The molecule has 1 N–H and O–H groups in total. The van der Waals surface area contributed by atoms with Crippen LogP contribution in [-0.2, 0) is 6.54 Å². The lowest BCUT2D eigenvalue weighted by Gasteiger charge is -2.29. The molecule has 5 heteroatoms. The maximum Gasteiger partial charge on any atom is 0.255 e. The van der Waals surface area contributed by atoms with Crippen LogP contribution in [0.25, 0.3) is 0 Å². The van der Waals surface area contributed by atoms with E-state index >= 15 is 0 Å². The van der Waals surface area contributed by atoms with Crippen LogP contribution in [-0.4, -0.2) is 33.0 Å². The van der Waals surface area contributed by atoms with Crippen LogP contribution in [0, 0.1) is 0 Å². The average Bonchev–Trinajstić information content (AvgIpc) is 2.46. The van der Waals surface area contributed by atoms with Gasteiger partial charge in [0.25, 0.3) is 5.91 Å². The quantitative estimate of drug-likeness (QED) is 0.921. The molecule has 1 aromatic carbocycles. The van der Waals surface area contributed by atoms with Crippen LogP contribution in [0.2, 0.25) is 5.02 Å². The fraction of sp³-hybridized carbons (Fsp3) is 0.294. The second-order valence-corrected chi connectivity index (χ2v) is 6.22. The van der Waals surface area contributed by atoms with Crippen LogP contribution in [0.15, 0.2) is 48.8 Å². The van der Waals surface area contributed by atoms with Gasteiger partial charge in [0.05, 0.1) is 16.2 Å². The second-order valence-electron chi connectivity index (χ2n) is 5.81. The maximum absolute atomic E-state index is 12.8. The first kappa shape index (κ1) is 16.5. The first-order chi connectivity index (χ1) is 10.4. The number of hydrogen-bond donors (Lipinski definition) is 1. The molecule has 1 aromatic heterocycles. The lowest BCUT2D eigenvalue weighted by Crippen LogP contribution is -2.41. The van der Waals surface area contributed by atoms with E-state index in [4.69, 9.17) is 11.6 Å². The average molecular weight is 319 g/mol. The molecule has 1 heterocycles. The van der Waals surface area contributed by atoms with E-state index in [0.29, 0.717) is 17.1 Å². The third-order valence-electron chi connectivity index (χ3n) is 3.08. The van der Waals surface area contributed by atoms with E-state index in [1.807, 2.05) is 30.3 Å². The zero-order valence-electron chi connectivity index (χ0n) is 12.7. The van der Waals surface area contributed by atoms with Crippen molar-refractivity contribution in [3.63, 3.8) is 0 Å².